The zero-order valence-corrected chi connectivity index (χ0v) is 29.0. The van der Waals surface area contributed by atoms with E-state index in [1.807, 2.05) is 60.7 Å². The van der Waals surface area contributed by atoms with E-state index in [1.54, 1.807) is 0 Å². The molecular weight excluding hydrogens is 633 g/mol. The fourth-order valence-electron chi connectivity index (χ4n) is 8.13. The zero-order chi connectivity index (χ0) is 34.8. The molecule has 0 spiro atoms. The predicted molar refractivity (Wildman–Crippen MR) is 213 cm³/mol. The van der Waals surface area contributed by atoms with Gasteiger partial charge in [0.15, 0.2) is 17.5 Å². The van der Waals surface area contributed by atoms with E-state index in [4.69, 9.17) is 15.0 Å². The molecule has 2 heterocycles. The molecule has 0 aliphatic heterocycles. The van der Waals surface area contributed by atoms with Crippen LogP contribution in [0.1, 0.15) is 25.0 Å². The third-order valence-electron chi connectivity index (χ3n) is 10.7. The summed E-state index contributed by atoms with van der Waals surface area (Å²) in [6.45, 7) is 4.67. The molecule has 0 unspecified atom stereocenters. The van der Waals surface area contributed by atoms with Crippen LogP contribution >= 0.6 is 0 Å². The summed E-state index contributed by atoms with van der Waals surface area (Å²) >= 11 is 0. The molecule has 10 rings (SSSR count). The van der Waals surface area contributed by atoms with Crippen LogP contribution in [0.2, 0.25) is 0 Å². The van der Waals surface area contributed by atoms with Crippen molar-refractivity contribution in [1.29, 1.82) is 0 Å². The fourth-order valence-corrected chi connectivity index (χ4v) is 8.13. The van der Waals surface area contributed by atoms with Gasteiger partial charge < -0.3 is 4.57 Å². The minimum Gasteiger partial charge on any atom is -0.309 e. The highest BCUT2D eigenvalue weighted by Gasteiger charge is 2.35. The van der Waals surface area contributed by atoms with Crippen molar-refractivity contribution in [2.45, 2.75) is 19.3 Å². The molecule has 0 N–H and O–H groups in total. The molecule has 1 aliphatic carbocycles. The second-order valence-electron chi connectivity index (χ2n) is 14.1. The monoisotopic (exact) mass is 666 g/mol. The number of rotatable bonds is 5. The lowest BCUT2D eigenvalue weighted by Gasteiger charge is -2.21. The largest absolute Gasteiger partial charge is 0.309 e. The molecule has 0 atom stereocenters. The molecule has 0 saturated carbocycles. The summed E-state index contributed by atoms with van der Waals surface area (Å²) in [6, 6.07) is 60.2. The first-order valence-electron chi connectivity index (χ1n) is 17.8. The lowest BCUT2D eigenvalue weighted by molar-refractivity contribution is 0.660. The van der Waals surface area contributed by atoms with Gasteiger partial charge in [0.05, 0.1) is 11.0 Å². The summed E-state index contributed by atoms with van der Waals surface area (Å²) in [5, 5.41) is 2.44. The quantitative estimate of drug-likeness (QED) is 0.184. The second kappa shape index (κ2) is 11.7. The van der Waals surface area contributed by atoms with Crippen molar-refractivity contribution in [2.24, 2.45) is 0 Å². The van der Waals surface area contributed by atoms with Crippen molar-refractivity contribution in [3.8, 4) is 62.1 Å². The Morgan fingerprint density at radius 1 is 0.404 bits per heavy atom. The maximum absolute atomic E-state index is 5.04. The van der Waals surface area contributed by atoms with E-state index in [0.717, 1.165) is 27.9 Å². The first kappa shape index (κ1) is 30.2. The molecule has 9 aromatic rings. The Kier molecular flexibility index (Phi) is 6.80. The smallest absolute Gasteiger partial charge is 0.164 e. The van der Waals surface area contributed by atoms with E-state index < -0.39 is 0 Å². The number of aromatic nitrogens is 4. The molecule has 4 nitrogen and oxygen atoms in total. The van der Waals surface area contributed by atoms with Gasteiger partial charge in [0.1, 0.15) is 0 Å². The maximum Gasteiger partial charge on any atom is 0.164 e. The van der Waals surface area contributed by atoms with Crippen molar-refractivity contribution in [3.63, 3.8) is 0 Å². The molecule has 2 aromatic heterocycles. The maximum atomic E-state index is 5.04. The summed E-state index contributed by atoms with van der Waals surface area (Å²) in [7, 11) is 0. The average molecular weight is 667 g/mol. The van der Waals surface area contributed by atoms with Gasteiger partial charge in [0.25, 0.3) is 0 Å². The van der Waals surface area contributed by atoms with E-state index in [1.165, 1.54) is 49.7 Å². The molecule has 0 radical (unpaired) electrons. The Labute approximate surface area is 302 Å². The number of para-hydroxylation sites is 2. The van der Waals surface area contributed by atoms with Gasteiger partial charge in [0, 0.05) is 44.1 Å². The number of nitrogens with zero attached hydrogens (tertiary/aromatic N) is 4. The summed E-state index contributed by atoms with van der Waals surface area (Å²) in [5.74, 6) is 1.93. The van der Waals surface area contributed by atoms with Crippen LogP contribution in [-0.4, -0.2) is 19.5 Å². The van der Waals surface area contributed by atoms with Gasteiger partial charge in [-0.05, 0) is 52.1 Å². The normalized spacial score (nSPS) is 13.0. The molecule has 0 bridgehead atoms. The second-order valence-corrected chi connectivity index (χ2v) is 14.1. The summed E-state index contributed by atoms with van der Waals surface area (Å²) in [5.41, 5.74) is 14.0. The fraction of sp³-hybridized carbons (Fsp3) is 0.0625. The van der Waals surface area contributed by atoms with E-state index in [-0.39, 0.29) is 5.41 Å². The van der Waals surface area contributed by atoms with Gasteiger partial charge in [0.2, 0.25) is 0 Å². The van der Waals surface area contributed by atoms with Crippen molar-refractivity contribution >= 4 is 21.8 Å². The Morgan fingerprint density at radius 3 is 1.71 bits per heavy atom. The molecule has 246 valence electrons. The molecule has 7 aromatic carbocycles. The molecule has 0 saturated heterocycles. The van der Waals surface area contributed by atoms with Gasteiger partial charge in [-0.15, -0.1) is 0 Å². The highest BCUT2D eigenvalue weighted by Crippen LogP contribution is 2.50. The number of fused-ring (bicyclic) bond motifs is 6. The van der Waals surface area contributed by atoms with E-state index >= 15 is 0 Å². The van der Waals surface area contributed by atoms with Crippen LogP contribution in [-0.2, 0) is 5.41 Å². The highest BCUT2D eigenvalue weighted by molar-refractivity contribution is 6.14. The van der Waals surface area contributed by atoms with Crippen LogP contribution in [0.25, 0.3) is 83.9 Å². The molecule has 52 heavy (non-hydrogen) atoms. The van der Waals surface area contributed by atoms with Crippen LogP contribution < -0.4 is 0 Å². The van der Waals surface area contributed by atoms with Gasteiger partial charge >= 0.3 is 0 Å². The summed E-state index contributed by atoms with van der Waals surface area (Å²) in [6.07, 6.45) is 0. The number of hydrogen-bond donors (Lipinski definition) is 0. The number of hydrogen-bond acceptors (Lipinski definition) is 3. The van der Waals surface area contributed by atoms with Gasteiger partial charge in [-0.3, -0.25) is 0 Å². The van der Waals surface area contributed by atoms with E-state index in [0.29, 0.717) is 17.5 Å². The van der Waals surface area contributed by atoms with E-state index in [2.05, 4.69) is 128 Å². The molecule has 0 amide bonds. The van der Waals surface area contributed by atoms with Crippen molar-refractivity contribution < 1.29 is 0 Å². The first-order valence-corrected chi connectivity index (χ1v) is 17.8. The first-order chi connectivity index (χ1) is 25.5. The Hall–Kier alpha value is -6.65. The number of benzene rings is 7. The third-order valence-corrected chi connectivity index (χ3v) is 10.7. The van der Waals surface area contributed by atoms with Crippen LogP contribution in [0.15, 0.2) is 170 Å². The van der Waals surface area contributed by atoms with Crippen LogP contribution in [0, 0.1) is 0 Å². The molecule has 4 heteroatoms. The van der Waals surface area contributed by atoms with Crippen molar-refractivity contribution in [1.82, 2.24) is 19.5 Å². The van der Waals surface area contributed by atoms with Crippen LogP contribution in [0.4, 0.5) is 0 Å². The van der Waals surface area contributed by atoms with E-state index in [9.17, 15) is 0 Å². The molecule has 1 aliphatic rings. The minimum atomic E-state index is -0.0401. The van der Waals surface area contributed by atoms with Gasteiger partial charge in [-0.2, -0.15) is 0 Å². The topological polar surface area (TPSA) is 43.6 Å². The minimum absolute atomic E-state index is 0.0401. The average Bonchev–Trinajstić information content (AvgIpc) is 3.67. The Bertz CT molecular complexity index is 2760. The Morgan fingerprint density at radius 2 is 0.962 bits per heavy atom. The summed E-state index contributed by atoms with van der Waals surface area (Å²) in [4.78, 5) is 15.0. The predicted octanol–water partition coefficient (Wildman–Crippen LogP) is 11.9. The van der Waals surface area contributed by atoms with Crippen LogP contribution in [0.3, 0.4) is 0 Å². The zero-order valence-electron chi connectivity index (χ0n) is 29.0. The molecule has 0 fully saturated rings. The SMILES string of the molecule is CC1(C)c2ccccc2-c2cc(-c3cccc4c5ccccc5n(-c5cccc(-c6nc(-c7ccccc7)nc(-c7ccccc7)n6)c5)c34)ccc21. The lowest BCUT2D eigenvalue weighted by atomic mass is 9.82. The van der Waals surface area contributed by atoms with Gasteiger partial charge in [-0.1, -0.05) is 159 Å². The third kappa shape index (κ3) is 4.72. The molecular formula is C48H34N4. The van der Waals surface area contributed by atoms with Crippen molar-refractivity contribution in [3.05, 3.63) is 181 Å². The lowest BCUT2D eigenvalue weighted by Crippen LogP contribution is -2.14. The van der Waals surface area contributed by atoms with Gasteiger partial charge in [-0.25, -0.2) is 15.0 Å². The highest BCUT2D eigenvalue weighted by atomic mass is 15.0. The van der Waals surface area contributed by atoms with Crippen LogP contribution in [0.5, 0.6) is 0 Å². The summed E-state index contributed by atoms with van der Waals surface area (Å²) < 4.78 is 2.41. The standard InChI is InChI=1S/C48H34N4/c1-48(2)41-25-11-9-21-37(41)40-30-33(27-28-42(40)48)36-23-14-24-39-38-22-10-12-26-43(38)52(44(36)39)35-20-13-19-34(29-35)47-50-45(31-15-5-3-6-16-31)49-46(51-47)32-17-7-4-8-18-32/h3-30H,1-2H3. The van der Waals surface area contributed by atoms with Crippen molar-refractivity contribution in [2.75, 3.05) is 0 Å². The Balaban J connectivity index is 1.18.